The summed E-state index contributed by atoms with van der Waals surface area (Å²) in [6.07, 6.45) is 7.67. The highest BCUT2D eigenvalue weighted by atomic mass is 32.2. The Kier molecular flexibility index (Phi) is 4.74. The summed E-state index contributed by atoms with van der Waals surface area (Å²) < 4.78 is 22.8. The fourth-order valence-corrected chi connectivity index (χ4v) is 4.89. The van der Waals surface area contributed by atoms with Crippen LogP contribution >= 0.6 is 0 Å². The molecule has 0 bridgehead atoms. The molecular weight excluding hydrogens is 276 g/mol. The minimum atomic E-state index is -3.01. The van der Waals surface area contributed by atoms with E-state index in [1.165, 1.54) is 12.7 Å². The van der Waals surface area contributed by atoms with E-state index in [1.54, 1.807) is 0 Å². The van der Waals surface area contributed by atoms with Crippen molar-refractivity contribution in [2.45, 2.75) is 51.0 Å². The van der Waals surface area contributed by atoms with Crippen LogP contribution in [0.4, 0.5) is 0 Å². The lowest BCUT2D eigenvalue weighted by atomic mass is 9.84. The van der Waals surface area contributed by atoms with Gasteiger partial charge in [-0.1, -0.05) is 12.8 Å². The lowest BCUT2D eigenvalue weighted by molar-refractivity contribution is -0.123. The third kappa shape index (κ3) is 4.45. The molecule has 2 saturated carbocycles. The zero-order valence-electron chi connectivity index (χ0n) is 12.2. The van der Waals surface area contributed by atoms with Gasteiger partial charge in [0.15, 0.2) is 0 Å². The first-order valence-corrected chi connectivity index (χ1v) is 9.57. The van der Waals surface area contributed by atoms with Gasteiger partial charge in [-0.3, -0.25) is 4.79 Å². The predicted molar refractivity (Wildman–Crippen MR) is 78.9 cm³/mol. The van der Waals surface area contributed by atoms with E-state index in [1.807, 2.05) is 0 Å². The SMILES string of the molecule is CS(=O)(=O)CC1(CC(=O)NC2CCCCC2CN)CC1. The average Bonchev–Trinajstić information content (AvgIpc) is 3.06. The number of nitrogens with one attached hydrogen (secondary N) is 1. The van der Waals surface area contributed by atoms with Crippen molar-refractivity contribution in [2.75, 3.05) is 18.6 Å². The topological polar surface area (TPSA) is 89.3 Å². The summed E-state index contributed by atoms with van der Waals surface area (Å²) in [4.78, 5) is 12.2. The quantitative estimate of drug-likeness (QED) is 0.760. The molecule has 2 unspecified atom stereocenters. The Bertz CT molecular complexity index is 457. The highest BCUT2D eigenvalue weighted by Crippen LogP contribution is 2.49. The van der Waals surface area contributed by atoms with Gasteiger partial charge in [0.2, 0.25) is 5.91 Å². The molecule has 2 rings (SSSR count). The molecule has 2 aliphatic carbocycles. The maximum Gasteiger partial charge on any atom is 0.220 e. The first-order valence-electron chi connectivity index (χ1n) is 7.51. The minimum Gasteiger partial charge on any atom is -0.353 e. The number of sulfone groups is 1. The first-order chi connectivity index (χ1) is 9.34. The molecule has 0 saturated heterocycles. The molecule has 2 fully saturated rings. The van der Waals surface area contributed by atoms with Gasteiger partial charge >= 0.3 is 0 Å². The third-order valence-electron chi connectivity index (χ3n) is 4.62. The van der Waals surface area contributed by atoms with E-state index >= 15 is 0 Å². The van der Waals surface area contributed by atoms with Crippen LogP contribution in [-0.4, -0.2) is 38.9 Å². The Morgan fingerprint density at radius 1 is 1.30 bits per heavy atom. The van der Waals surface area contributed by atoms with Crippen LogP contribution in [0.25, 0.3) is 0 Å². The number of nitrogens with two attached hydrogens (primary N) is 1. The van der Waals surface area contributed by atoms with Crippen LogP contribution in [0, 0.1) is 11.3 Å². The van der Waals surface area contributed by atoms with Crippen molar-refractivity contribution < 1.29 is 13.2 Å². The molecule has 0 aromatic rings. The maximum absolute atomic E-state index is 12.2. The summed E-state index contributed by atoms with van der Waals surface area (Å²) in [6.45, 7) is 0.611. The molecule has 2 aliphatic rings. The van der Waals surface area contributed by atoms with Crippen molar-refractivity contribution in [3.63, 3.8) is 0 Å². The van der Waals surface area contributed by atoms with Crippen LogP contribution in [0.1, 0.15) is 44.9 Å². The number of carbonyl (C=O) groups is 1. The van der Waals surface area contributed by atoms with Gasteiger partial charge in [0, 0.05) is 18.7 Å². The second-order valence-electron chi connectivity index (χ2n) is 6.70. The minimum absolute atomic E-state index is 0.00324. The number of hydrogen-bond acceptors (Lipinski definition) is 4. The second-order valence-corrected chi connectivity index (χ2v) is 8.84. The third-order valence-corrected chi connectivity index (χ3v) is 5.76. The van der Waals surface area contributed by atoms with Crippen molar-refractivity contribution in [2.24, 2.45) is 17.1 Å². The molecule has 20 heavy (non-hydrogen) atoms. The van der Waals surface area contributed by atoms with Crippen LogP contribution in [0.15, 0.2) is 0 Å². The monoisotopic (exact) mass is 302 g/mol. The Morgan fingerprint density at radius 3 is 2.50 bits per heavy atom. The van der Waals surface area contributed by atoms with E-state index < -0.39 is 9.84 Å². The van der Waals surface area contributed by atoms with Gasteiger partial charge in [0.05, 0.1) is 5.75 Å². The summed E-state index contributed by atoms with van der Waals surface area (Å²) in [5.74, 6) is 0.507. The van der Waals surface area contributed by atoms with Gasteiger partial charge in [-0.05, 0) is 43.6 Å². The molecule has 0 aromatic carbocycles. The van der Waals surface area contributed by atoms with Crippen LogP contribution in [0.5, 0.6) is 0 Å². The van der Waals surface area contributed by atoms with E-state index in [4.69, 9.17) is 5.73 Å². The normalized spacial score (nSPS) is 28.9. The van der Waals surface area contributed by atoms with Crippen LogP contribution in [0.2, 0.25) is 0 Å². The Morgan fingerprint density at radius 2 is 1.95 bits per heavy atom. The molecule has 3 N–H and O–H groups in total. The van der Waals surface area contributed by atoms with Crippen molar-refractivity contribution in [1.29, 1.82) is 0 Å². The summed E-state index contributed by atoms with van der Waals surface area (Å²) in [7, 11) is -3.01. The van der Waals surface area contributed by atoms with Crippen LogP contribution in [0.3, 0.4) is 0 Å². The van der Waals surface area contributed by atoms with Crippen molar-refractivity contribution in [1.82, 2.24) is 5.32 Å². The van der Waals surface area contributed by atoms with Gasteiger partial charge in [-0.15, -0.1) is 0 Å². The molecule has 0 aromatic heterocycles. The van der Waals surface area contributed by atoms with Gasteiger partial charge in [-0.25, -0.2) is 8.42 Å². The second kappa shape index (κ2) is 6.02. The molecule has 0 radical (unpaired) electrons. The van der Waals surface area contributed by atoms with Gasteiger partial charge in [-0.2, -0.15) is 0 Å². The lowest BCUT2D eigenvalue weighted by Crippen LogP contribution is -2.45. The first kappa shape index (κ1) is 15.8. The summed E-state index contributed by atoms with van der Waals surface area (Å²) >= 11 is 0. The highest BCUT2D eigenvalue weighted by molar-refractivity contribution is 7.90. The Hall–Kier alpha value is -0.620. The van der Waals surface area contributed by atoms with E-state index in [9.17, 15) is 13.2 Å². The fourth-order valence-electron chi connectivity index (χ4n) is 3.38. The molecular formula is C14H26N2O3S. The maximum atomic E-state index is 12.2. The lowest BCUT2D eigenvalue weighted by Gasteiger charge is -2.31. The van der Waals surface area contributed by atoms with Crippen molar-refractivity contribution in [3.05, 3.63) is 0 Å². The highest BCUT2D eigenvalue weighted by Gasteiger charge is 2.46. The summed E-state index contributed by atoms with van der Waals surface area (Å²) in [6, 6.07) is 0.176. The molecule has 0 heterocycles. The number of amides is 1. The average molecular weight is 302 g/mol. The zero-order chi connectivity index (χ0) is 14.8. The smallest absolute Gasteiger partial charge is 0.220 e. The van der Waals surface area contributed by atoms with Crippen LogP contribution < -0.4 is 11.1 Å². The standard InChI is InChI=1S/C14H26N2O3S/c1-20(18,19)10-14(6-7-14)8-13(17)16-12-5-3-2-4-11(12)9-15/h11-12H,2-10,15H2,1H3,(H,16,17). The van der Waals surface area contributed by atoms with Gasteiger partial charge < -0.3 is 11.1 Å². The summed E-state index contributed by atoms with van der Waals surface area (Å²) in [5, 5.41) is 3.09. The van der Waals surface area contributed by atoms with Gasteiger partial charge in [0.25, 0.3) is 0 Å². The van der Waals surface area contributed by atoms with E-state index in [-0.39, 0.29) is 23.1 Å². The van der Waals surface area contributed by atoms with E-state index in [0.29, 0.717) is 18.9 Å². The number of hydrogen-bond donors (Lipinski definition) is 2. The molecule has 1 amide bonds. The summed E-state index contributed by atoms with van der Waals surface area (Å²) in [5.41, 5.74) is 5.47. The Balaban J connectivity index is 1.86. The Labute approximate surface area is 121 Å². The molecule has 6 heteroatoms. The largest absolute Gasteiger partial charge is 0.353 e. The molecule has 0 spiro atoms. The van der Waals surface area contributed by atoms with E-state index in [0.717, 1.165) is 32.1 Å². The number of carbonyl (C=O) groups excluding carboxylic acids is 1. The van der Waals surface area contributed by atoms with Crippen molar-refractivity contribution >= 4 is 15.7 Å². The number of rotatable bonds is 6. The molecule has 5 nitrogen and oxygen atoms in total. The van der Waals surface area contributed by atoms with Gasteiger partial charge in [0.1, 0.15) is 9.84 Å². The molecule has 116 valence electrons. The zero-order valence-corrected chi connectivity index (χ0v) is 13.0. The van der Waals surface area contributed by atoms with E-state index in [2.05, 4.69) is 5.32 Å². The predicted octanol–water partition coefficient (Wildman–Crippen LogP) is 0.835. The molecule has 0 aliphatic heterocycles. The molecule has 2 atom stereocenters. The van der Waals surface area contributed by atoms with Crippen molar-refractivity contribution in [3.8, 4) is 0 Å². The fraction of sp³-hybridized carbons (Fsp3) is 0.929. The van der Waals surface area contributed by atoms with Crippen LogP contribution in [-0.2, 0) is 14.6 Å².